The number of methoxy groups -OCH3 is 1. The van der Waals surface area contributed by atoms with E-state index in [9.17, 15) is 13.2 Å². The van der Waals surface area contributed by atoms with Crippen molar-refractivity contribution in [1.29, 1.82) is 0 Å². The Morgan fingerprint density at radius 3 is 2.65 bits per heavy atom. The molecule has 6 nitrogen and oxygen atoms in total. The lowest BCUT2D eigenvalue weighted by atomic mass is 9.98. The number of nitrogens with zero attached hydrogens (tertiary/aromatic N) is 1. The Kier molecular flexibility index (Phi) is 7.52. The van der Waals surface area contributed by atoms with Crippen molar-refractivity contribution in [2.45, 2.75) is 37.5 Å². The van der Waals surface area contributed by atoms with Gasteiger partial charge in [-0.15, -0.1) is 0 Å². The number of amides is 1. The van der Waals surface area contributed by atoms with E-state index in [1.807, 2.05) is 19.9 Å². The summed E-state index contributed by atoms with van der Waals surface area (Å²) in [5.74, 6) is -0.325. The minimum atomic E-state index is -3.83. The van der Waals surface area contributed by atoms with Crippen LogP contribution < -0.4 is 10.1 Å². The third-order valence-electron chi connectivity index (χ3n) is 5.44. The molecule has 0 saturated carbocycles. The van der Waals surface area contributed by atoms with E-state index < -0.39 is 15.9 Å². The largest absolute Gasteiger partial charge is 0.495 e. The second-order valence-corrected chi connectivity index (χ2v) is 10.5. The maximum Gasteiger partial charge on any atom is 0.246 e. The van der Waals surface area contributed by atoms with Crippen LogP contribution in [0.15, 0.2) is 41.3 Å². The first-order valence-electron chi connectivity index (χ1n) is 10.1. The molecule has 1 aliphatic heterocycles. The summed E-state index contributed by atoms with van der Waals surface area (Å²) >= 11 is 12.2. The predicted octanol–water partition coefficient (Wildman–Crippen LogP) is 5.16. The predicted molar refractivity (Wildman–Crippen MR) is 124 cm³/mol. The first-order valence-corrected chi connectivity index (χ1v) is 12.3. The van der Waals surface area contributed by atoms with Crippen molar-refractivity contribution in [3.8, 4) is 5.75 Å². The van der Waals surface area contributed by atoms with Crippen molar-refractivity contribution >= 4 is 44.8 Å². The number of halogens is 2. The van der Waals surface area contributed by atoms with E-state index >= 15 is 0 Å². The zero-order valence-corrected chi connectivity index (χ0v) is 20.0. The summed E-state index contributed by atoms with van der Waals surface area (Å²) in [6, 6.07) is 10.2. The topological polar surface area (TPSA) is 75.7 Å². The van der Waals surface area contributed by atoms with E-state index in [4.69, 9.17) is 27.9 Å². The highest BCUT2D eigenvalue weighted by molar-refractivity contribution is 7.89. The standard InChI is InChI=1S/C22H26Cl2N2O4S/c1-14(2)15-9-10-19(30-3)20(12-15)31(28,29)26-11-5-6-16(13-26)22(27)25-18-8-4-7-17(23)21(18)24/h4,7-10,12,14,16H,5-6,11,13H2,1-3H3,(H,25,27)/t16-/m1/s1. The summed E-state index contributed by atoms with van der Waals surface area (Å²) in [4.78, 5) is 13.0. The monoisotopic (exact) mass is 484 g/mol. The molecule has 1 atom stereocenters. The van der Waals surface area contributed by atoms with Gasteiger partial charge in [0.25, 0.3) is 0 Å². The van der Waals surface area contributed by atoms with Gasteiger partial charge in [0.15, 0.2) is 0 Å². The van der Waals surface area contributed by atoms with Crippen molar-refractivity contribution < 1.29 is 17.9 Å². The first kappa shape index (κ1) is 23.9. The molecule has 0 aliphatic carbocycles. The van der Waals surface area contributed by atoms with Crippen LogP contribution in [0.5, 0.6) is 5.75 Å². The molecular weight excluding hydrogens is 459 g/mol. The van der Waals surface area contributed by atoms with E-state index in [1.54, 1.807) is 30.3 Å². The number of hydrogen-bond acceptors (Lipinski definition) is 4. The third kappa shape index (κ3) is 5.17. The molecule has 168 valence electrons. The molecule has 1 N–H and O–H groups in total. The minimum Gasteiger partial charge on any atom is -0.495 e. The Morgan fingerprint density at radius 2 is 1.97 bits per heavy atom. The van der Waals surface area contributed by atoms with Crippen LogP contribution in [0.2, 0.25) is 10.0 Å². The average Bonchev–Trinajstić information content (AvgIpc) is 2.76. The number of anilines is 1. The molecule has 1 aliphatic rings. The smallest absolute Gasteiger partial charge is 0.246 e. The van der Waals surface area contributed by atoms with Gasteiger partial charge in [0.2, 0.25) is 15.9 Å². The van der Waals surface area contributed by atoms with Crippen LogP contribution in [0, 0.1) is 5.92 Å². The average molecular weight is 485 g/mol. The van der Waals surface area contributed by atoms with E-state index in [0.29, 0.717) is 35.8 Å². The van der Waals surface area contributed by atoms with Gasteiger partial charge in [-0.3, -0.25) is 4.79 Å². The van der Waals surface area contributed by atoms with Crippen LogP contribution in [0.3, 0.4) is 0 Å². The Balaban J connectivity index is 1.83. The van der Waals surface area contributed by atoms with Crippen LogP contribution in [-0.4, -0.2) is 38.8 Å². The lowest BCUT2D eigenvalue weighted by Crippen LogP contribution is -2.43. The third-order valence-corrected chi connectivity index (χ3v) is 8.14. The van der Waals surface area contributed by atoms with Gasteiger partial charge in [0.1, 0.15) is 10.6 Å². The van der Waals surface area contributed by atoms with Gasteiger partial charge in [-0.1, -0.05) is 49.2 Å². The quantitative estimate of drug-likeness (QED) is 0.613. The van der Waals surface area contributed by atoms with Gasteiger partial charge in [-0.25, -0.2) is 8.42 Å². The van der Waals surface area contributed by atoms with E-state index in [1.165, 1.54) is 11.4 Å². The van der Waals surface area contributed by atoms with Gasteiger partial charge in [0.05, 0.1) is 28.8 Å². The molecular formula is C22H26Cl2N2O4S. The number of benzene rings is 2. The maximum absolute atomic E-state index is 13.4. The van der Waals surface area contributed by atoms with Gasteiger partial charge in [-0.2, -0.15) is 4.31 Å². The number of sulfonamides is 1. The van der Waals surface area contributed by atoms with Crippen LogP contribution in [-0.2, 0) is 14.8 Å². The van der Waals surface area contributed by atoms with Gasteiger partial charge >= 0.3 is 0 Å². The molecule has 0 spiro atoms. The van der Waals surface area contributed by atoms with Crippen molar-refractivity contribution in [2.75, 3.05) is 25.5 Å². The second kappa shape index (κ2) is 9.77. The molecule has 2 aromatic rings. The molecule has 0 radical (unpaired) electrons. The Bertz CT molecular complexity index is 1070. The fraction of sp³-hybridized carbons (Fsp3) is 0.409. The number of piperidine rings is 1. The fourth-order valence-electron chi connectivity index (χ4n) is 3.60. The van der Waals surface area contributed by atoms with E-state index in [-0.39, 0.29) is 28.3 Å². The molecule has 31 heavy (non-hydrogen) atoms. The highest BCUT2D eigenvalue weighted by Gasteiger charge is 2.35. The van der Waals surface area contributed by atoms with Crippen molar-refractivity contribution in [2.24, 2.45) is 5.92 Å². The van der Waals surface area contributed by atoms with Gasteiger partial charge < -0.3 is 10.1 Å². The molecule has 1 saturated heterocycles. The summed E-state index contributed by atoms with van der Waals surface area (Å²) in [5.41, 5.74) is 1.31. The lowest BCUT2D eigenvalue weighted by molar-refractivity contribution is -0.120. The van der Waals surface area contributed by atoms with Gasteiger partial charge in [0, 0.05) is 13.1 Å². The maximum atomic E-state index is 13.4. The van der Waals surface area contributed by atoms with Crippen molar-refractivity contribution in [3.05, 3.63) is 52.0 Å². The number of rotatable bonds is 6. The highest BCUT2D eigenvalue weighted by Crippen LogP contribution is 2.34. The zero-order valence-electron chi connectivity index (χ0n) is 17.7. The second-order valence-electron chi connectivity index (χ2n) is 7.86. The fourth-order valence-corrected chi connectivity index (χ4v) is 5.67. The number of nitrogens with one attached hydrogen (secondary N) is 1. The molecule has 1 fully saturated rings. The first-order chi connectivity index (χ1) is 14.6. The lowest BCUT2D eigenvalue weighted by Gasteiger charge is -2.31. The zero-order chi connectivity index (χ0) is 22.8. The number of carbonyl (C=O) groups excluding carboxylic acids is 1. The molecule has 9 heteroatoms. The van der Waals surface area contributed by atoms with E-state index in [0.717, 1.165) is 5.56 Å². The van der Waals surface area contributed by atoms with Crippen LogP contribution in [0.25, 0.3) is 0 Å². The Morgan fingerprint density at radius 1 is 1.23 bits per heavy atom. The van der Waals surface area contributed by atoms with Crippen LogP contribution >= 0.6 is 23.2 Å². The minimum absolute atomic E-state index is 0.0847. The summed E-state index contributed by atoms with van der Waals surface area (Å²) in [5, 5.41) is 3.37. The number of hydrogen-bond donors (Lipinski definition) is 1. The summed E-state index contributed by atoms with van der Waals surface area (Å²) in [6.45, 7) is 4.43. The summed E-state index contributed by atoms with van der Waals surface area (Å²) in [6.07, 6.45) is 1.16. The summed E-state index contributed by atoms with van der Waals surface area (Å²) < 4.78 is 33.6. The molecule has 0 bridgehead atoms. The summed E-state index contributed by atoms with van der Waals surface area (Å²) in [7, 11) is -2.38. The number of carbonyl (C=O) groups is 1. The van der Waals surface area contributed by atoms with Gasteiger partial charge in [-0.05, 0) is 48.6 Å². The SMILES string of the molecule is COc1ccc(C(C)C)cc1S(=O)(=O)N1CCC[C@@H](C(=O)Nc2cccc(Cl)c2Cl)C1. The van der Waals surface area contributed by atoms with Crippen molar-refractivity contribution in [3.63, 3.8) is 0 Å². The molecule has 0 aromatic heterocycles. The molecule has 1 heterocycles. The Hall–Kier alpha value is -1.80. The van der Waals surface area contributed by atoms with Crippen LogP contribution in [0.1, 0.15) is 38.2 Å². The Labute approximate surface area is 193 Å². The molecule has 1 amide bonds. The molecule has 3 rings (SSSR count). The van der Waals surface area contributed by atoms with E-state index in [2.05, 4.69) is 5.32 Å². The van der Waals surface area contributed by atoms with Crippen LogP contribution in [0.4, 0.5) is 5.69 Å². The molecule has 0 unspecified atom stereocenters. The number of ether oxygens (including phenoxy) is 1. The molecule has 2 aromatic carbocycles. The highest BCUT2D eigenvalue weighted by atomic mass is 35.5. The normalized spacial score (nSPS) is 17.5. The van der Waals surface area contributed by atoms with Crippen molar-refractivity contribution in [1.82, 2.24) is 4.31 Å².